The highest BCUT2D eigenvalue weighted by atomic mass is 16.3. The zero-order valence-corrected chi connectivity index (χ0v) is 19.1. The van der Waals surface area contributed by atoms with Crippen molar-refractivity contribution in [3.05, 3.63) is 81.4 Å². The minimum atomic E-state index is -0.420. The third-order valence-corrected chi connectivity index (χ3v) is 5.90. The minimum Gasteiger partial charge on any atom is -0.507 e. The lowest BCUT2D eigenvalue weighted by atomic mass is 9.98. The summed E-state index contributed by atoms with van der Waals surface area (Å²) in [6.45, 7) is 0. The van der Waals surface area contributed by atoms with Gasteiger partial charge < -0.3 is 16.1 Å². The molecular weight excluding hydrogens is 448 g/mol. The first-order chi connectivity index (χ1) is 16.8. The molecule has 6 rings (SSSR count). The van der Waals surface area contributed by atoms with Crippen molar-refractivity contribution < 1.29 is 15.0 Å². The Morgan fingerprint density at radius 2 is 1.20 bits per heavy atom. The van der Waals surface area contributed by atoms with Gasteiger partial charge in [0.1, 0.15) is 17.3 Å². The van der Waals surface area contributed by atoms with E-state index in [9.17, 15) is 24.6 Å². The summed E-state index contributed by atoms with van der Waals surface area (Å²) < 4.78 is 2.39. The van der Waals surface area contributed by atoms with Gasteiger partial charge in [0, 0.05) is 41.5 Å². The quantitative estimate of drug-likeness (QED) is 0.362. The van der Waals surface area contributed by atoms with Crippen LogP contribution in [-0.4, -0.2) is 31.1 Å². The van der Waals surface area contributed by atoms with Gasteiger partial charge in [-0.15, -0.1) is 0 Å². The summed E-state index contributed by atoms with van der Waals surface area (Å²) in [6, 6.07) is 16.4. The number of nitrogen functional groups attached to an aromatic ring is 1. The van der Waals surface area contributed by atoms with Gasteiger partial charge >= 0.3 is 0 Å². The van der Waals surface area contributed by atoms with Crippen molar-refractivity contribution in [2.45, 2.75) is 38.5 Å². The first-order valence-electron chi connectivity index (χ1n) is 11.4. The Kier molecular flexibility index (Phi) is 6.96. The Morgan fingerprint density at radius 1 is 0.714 bits per heavy atom. The molecule has 0 atom stereocenters. The van der Waals surface area contributed by atoms with Gasteiger partial charge in [-0.3, -0.25) is 14.4 Å². The maximum atomic E-state index is 11.8. The lowest BCUT2D eigenvalue weighted by Crippen LogP contribution is -2.26. The molecule has 2 heterocycles. The van der Waals surface area contributed by atoms with E-state index in [4.69, 9.17) is 5.84 Å². The number of Topliss-reactive ketones (excluding diaryl/α,β-unsaturated/α-hetero) is 1. The maximum Gasteiger partial charge on any atom is 0.275 e. The van der Waals surface area contributed by atoms with Crippen molar-refractivity contribution in [1.82, 2.24) is 9.35 Å². The standard InChI is InChI=1S/C13H12N2O2.C9H8N2O2.C4H6O/c16-12-8-13(17)15(14-9-4-3-5-9)11-7-2-1-6-10(11)12;10-11-7-4-2-1-3-6(7)8(12)5-9(11)13;5-4-2-1-3-4/h1-2,6-8,16H,3-5H2;1-5,12H,10H2;1-3H2. The smallest absolute Gasteiger partial charge is 0.275 e. The van der Waals surface area contributed by atoms with Gasteiger partial charge in [-0.1, -0.05) is 24.3 Å². The monoisotopic (exact) mass is 474 g/mol. The lowest BCUT2D eigenvalue weighted by Gasteiger charge is -2.15. The number of nitrogens with two attached hydrogens (primary N) is 1. The fourth-order valence-corrected chi connectivity index (χ4v) is 3.53. The van der Waals surface area contributed by atoms with Crippen molar-refractivity contribution in [2.24, 2.45) is 5.10 Å². The predicted octanol–water partition coefficient (Wildman–Crippen LogP) is 3.26. The van der Waals surface area contributed by atoms with Crippen molar-refractivity contribution >= 4 is 33.3 Å². The molecule has 0 radical (unpaired) electrons. The van der Waals surface area contributed by atoms with E-state index in [2.05, 4.69) is 5.10 Å². The van der Waals surface area contributed by atoms with E-state index in [0.29, 0.717) is 27.6 Å². The Balaban J connectivity index is 0.000000141. The average Bonchev–Trinajstić information content (AvgIpc) is 2.81. The SMILES string of the molecule is Nn1c(=O)cc(O)c2ccccc21.O=C1CCC1.O=c1cc(O)c2ccccc2n1N=C1CCC1. The van der Waals surface area contributed by atoms with Crippen LogP contribution in [0.25, 0.3) is 21.8 Å². The molecule has 4 N–H and O–H groups in total. The number of rotatable bonds is 1. The van der Waals surface area contributed by atoms with Gasteiger partial charge in [-0.05, 0) is 49.9 Å². The van der Waals surface area contributed by atoms with Crippen LogP contribution in [0.5, 0.6) is 11.5 Å². The second kappa shape index (κ2) is 10.3. The van der Waals surface area contributed by atoms with Crippen LogP contribution in [0.4, 0.5) is 0 Å². The van der Waals surface area contributed by atoms with Gasteiger partial charge in [0.15, 0.2) is 0 Å². The predicted molar refractivity (Wildman–Crippen MR) is 135 cm³/mol. The number of nitrogens with zero attached hydrogens (tertiary/aromatic N) is 3. The van der Waals surface area contributed by atoms with Crippen LogP contribution in [0, 0.1) is 0 Å². The van der Waals surface area contributed by atoms with Crippen molar-refractivity contribution in [3.8, 4) is 11.5 Å². The molecule has 2 aliphatic carbocycles. The molecule has 2 saturated carbocycles. The van der Waals surface area contributed by atoms with E-state index in [-0.39, 0.29) is 17.1 Å². The number of hydrogen-bond acceptors (Lipinski definition) is 7. The number of hydrogen-bond donors (Lipinski definition) is 3. The van der Waals surface area contributed by atoms with Crippen LogP contribution in [-0.2, 0) is 4.79 Å². The minimum absolute atomic E-state index is 0.00987. The number of aromatic nitrogens is 2. The van der Waals surface area contributed by atoms with Crippen LogP contribution in [0.15, 0.2) is 75.4 Å². The Morgan fingerprint density at radius 3 is 1.71 bits per heavy atom. The van der Waals surface area contributed by atoms with E-state index in [1.165, 1.54) is 10.7 Å². The lowest BCUT2D eigenvalue weighted by molar-refractivity contribution is -0.123. The largest absolute Gasteiger partial charge is 0.507 e. The van der Waals surface area contributed by atoms with Crippen LogP contribution < -0.4 is 17.0 Å². The van der Waals surface area contributed by atoms with E-state index >= 15 is 0 Å². The van der Waals surface area contributed by atoms with Crippen LogP contribution >= 0.6 is 0 Å². The number of carbonyl (C=O) groups excluding carboxylic acids is 1. The number of ketones is 1. The van der Waals surface area contributed by atoms with Crippen LogP contribution in [0.1, 0.15) is 38.5 Å². The van der Waals surface area contributed by atoms with Crippen molar-refractivity contribution in [2.75, 3.05) is 5.84 Å². The normalized spacial score (nSPS) is 14.2. The van der Waals surface area contributed by atoms with E-state index < -0.39 is 5.56 Å². The molecular formula is C26H26N4O5. The highest BCUT2D eigenvalue weighted by molar-refractivity contribution is 5.90. The summed E-state index contributed by atoms with van der Waals surface area (Å²) in [5.41, 5.74) is 1.50. The molecule has 35 heavy (non-hydrogen) atoms. The summed E-state index contributed by atoms with van der Waals surface area (Å²) >= 11 is 0. The molecule has 4 aromatic rings. The molecule has 0 spiro atoms. The highest BCUT2D eigenvalue weighted by Gasteiger charge is 2.13. The summed E-state index contributed by atoms with van der Waals surface area (Å²) in [5.74, 6) is 5.89. The summed E-state index contributed by atoms with van der Waals surface area (Å²) in [5, 5.41) is 24.7. The topological polar surface area (TPSA) is 140 Å². The van der Waals surface area contributed by atoms with E-state index in [1.807, 2.05) is 12.1 Å². The summed E-state index contributed by atoms with van der Waals surface area (Å²) in [6.07, 6.45) is 5.89. The van der Waals surface area contributed by atoms with E-state index in [0.717, 1.165) is 55.0 Å². The second-order valence-electron chi connectivity index (χ2n) is 8.36. The number of benzene rings is 2. The summed E-state index contributed by atoms with van der Waals surface area (Å²) in [4.78, 5) is 32.9. The Bertz CT molecular complexity index is 1540. The van der Waals surface area contributed by atoms with Gasteiger partial charge in [0.2, 0.25) is 0 Å². The third-order valence-electron chi connectivity index (χ3n) is 5.90. The fourth-order valence-electron chi connectivity index (χ4n) is 3.53. The molecule has 2 aromatic heterocycles. The first kappa shape index (κ1) is 23.7. The van der Waals surface area contributed by atoms with Gasteiger partial charge in [-0.25, -0.2) is 4.68 Å². The molecule has 180 valence electrons. The number of para-hydroxylation sites is 2. The van der Waals surface area contributed by atoms with Crippen molar-refractivity contribution in [1.29, 1.82) is 0 Å². The van der Waals surface area contributed by atoms with Gasteiger partial charge in [0.25, 0.3) is 11.1 Å². The highest BCUT2D eigenvalue weighted by Crippen LogP contribution is 2.23. The molecule has 2 aliphatic rings. The first-order valence-corrected chi connectivity index (χ1v) is 11.4. The third kappa shape index (κ3) is 5.24. The molecule has 2 aromatic carbocycles. The Labute approximate surface area is 200 Å². The summed E-state index contributed by atoms with van der Waals surface area (Å²) in [7, 11) is 0. The molecule has 0 saturated heterocycles. The van der Waals surface area contributed by atoms with Crippen LogP contribution in [0.2, 0.25) is 0 Å². The number of carbonyl (C=O) groups is 1. The molecule has 9 heteroatoms. The van der Waals surface area contributed by atoms with E-state index in [1.54, 1.807) is 36.4 Å². The molecule has 0 bridgehead atoms. The second-order valence-corrected chi connectivity index (χ2v) is 8.36. The zero-order chi connectivity index (χ0) is 24.9. The molecule has 9 nitrogen and oxygen atoms in total. The van der Waals surface area contributed by atoms with Crippen LogP contribution in [0.3, 0.4) is 0 Å². The van der Waals surface area contributed by atoms with Crippen molar-refractivity contribution in [3.63, 3.8) is 0 Å². The number of fused-ring (bicyclic) bond motifs is 2. The fraction of sp³-hybridized carbons (Fsp3) is 0.231. The average molecular weight is 475 g/mol. The van der Waals surface area contributed by atoms with Gasteiger partial charge in [-0.2, -0.15) is 9.78 Å². The maximum absolute atomic E-state index is 11.8. The zero-order valence-electron chi connectivity index (χ0n) is 19.1. The Hall–Kier alpha value is -4.40. The number of pyridine rings is 2. The molecule has 0 amide bonds. The van der Waals surface area contributed by atoms with Gasteiger partial charge in [0.05, 0.1) is 11.0 Å². The molecule has 0 unspecified atom stereocenters. The number of aromatic hydroxyl groups is 2. The molecule has 2 fully saturated rings. The molecule has 0 aliphatic heterocycles.